The van der Waals surface area contributed by atoms with Crippen molar-refractivity contribution in [2.45, 2.75) is 13.3 Å². The Bertz CT molecular complexity index is 908. The van der Waals surface area contributed by atoms with Crippen LogP contribution in [-0.2, 0) is 19.2 Å². The highest BCUT2D eigenvalue weighted by Gasteiger charge is 2.38. The van der Waals surface area contributed by atoms with E-state index >= 15 is 0 Å². The van der Waals surface area contributed by atoms with Crippen molar-refractivity contribution in [2.75, 3.05) is 11.9 Å². The van der Waals surface area contributed by atoms with E-state index in [-0.39, 0.29) is 29.0 Å². The van der Waals surface area contributed by atoms with Gasteiger partial charge < -0.3 is 0 Å². The van der Waals surface area contributed by atoms with Gasteiger partial charge in [0.05, 0.1) is 23.3 Å². The second-order valence-electron chi connectivity index (χ2n) is 5.92. The minimum absolute atomic E-state index is 0.0877. The van der Waals surface area contributed by atoms with Crippen molar-refractivity contribution < 1.29 is 19.2 Å². The number of carbonyl (C=O) groups is 4. The molecule has 126 valence electrons. The second kappa shape index (κ2) is 5.98. The standard InChI is InChI=1S/C19H16N2O4/c1-4-14-15(19(25)20(3)18(14)24)9-12-10-16(22)21(17(12)23)13-7-5-6-11(2)8-13/h4-9H,1,10H2,2-3H3/b12-9+. The van der Waals surface area contributed by atoms with E-state index < -0.39 is 17.7 Å². The summed E-state index contributed by atoms with van der Waals surface area (Å²) in [6.07, 6.45) is 2.50. The van der Waals surface area contributed by atoms with E-state index in [0.29, 0.717) is 5.69 Å². The highest BCUT2D eigenvalue weighted by molar-refractivity contribution is 6.29. The average molecular weight is 336 g/mol. The number of carbonyl (C=O) groups excluding carboxylic acids is 4. The van der Waals surface area contributed by atoms with Gasteiger partial charge in [0.25, 0.3) is 17.7 Å². The van der Waals surface area contributed by atoms with Crippen LogP contribution in [0.4, 0.5) is 5.69 Å². The maximum absolute atomic E-state index is 12.7. The number of likely N-dealkylation sites (N-methyl/N-ethyl adjacent to an activating group) is 1. The van der Waals surface area contributed by atoms with Crippen LogP contribution in [0.1, 0.15) is 12.0 Å². The van der Waals surface area contributed by atoms with Crippen LogP contribution >= 0.6 is 0 Å². The molecule has 6 heteroatoms. The fourth-order valence-corrected chi connectivity index (χ4v) is 2.91. The fourth-order valence-electron chi connectivity index (χ4n) is 2.91. The lowest BCUT2D eigenvalue weighted by atomic mass is 10.1. The number of rotatable bonds is 3. The van der Waals surface area contributed by atoms with Crippen molar-refractivity contribution in [3.05, 3.63) is 65.3 Å². The predicted molar refractivity (Wildman–Crippen MR) is 91.4 cm³/mol. The first kappa shape index (κ1) is 16.6. The fraction of sp³-hybridized carbons (Fsp3) is 0.158. The zero-order valence-electron chi connectivity index (χ0n) is 13.9. The number of aryl methyl sites for hydroxylation is 1. The summed E-state index contributed by atoms with van der Waals surface area (Å²) in [4.78, 5) is 51.2. The summed E-state index contributed by atoms with van der Waals surface area (Å²) >= 11 is 0. The van der Waals surface area contributed by atoms with Crippen LogP contribution in [0.2, 0.25) is 0 Å². The Labute approximate surface area is 144 Å². The van der Waals surface area contributed by atoms with E-state index in [2.05, 4.69) is 6.58 Å². The Morgan fingerprint density at radius 2 is 1.72 bits per heavy atom. The van der Waals surface area contributed by atoms with Gasteiger partial charge in [0.1, 0.15) is 0 Å². The Kier molecular flexibility index (Phi) is 3.96. The maximum Gasteiger partial charge on any atom is 0.261 e. The van der Waals surface area contributed by atoms with Gasteiger partial charge in [-0.1, -0.05) is 24.8 Å². The number of anilines is 1. The van der Waals surface area contributed by atoms with Crippen LogP contribution in [-0.4, -0.2) is 35.6 Å². The van der Waals surface area contributed by atoms with E-state index in [1.165, 1.54) is 19.2 Å². The van der Waals surface area contributed by atoms with E-state index in [4.69, 9.17) is 0 Å². The van der Waals surface area contributed by atoms with Gasteiger partial charge in [-0.2, -0.15) is 0 Å². The number of hydrogen-bond acceptors (Lipinski definition) is 4. The third kappa shape index (κ3) is 2.61. The molecular formula is C19H16N2O4. The highest BCUT2D eigenvalue weighted by atomic mass is 16.2. The first-order valence-electron chi connectivity index (χ1n) is 7.68. The number of hydrogen-bond donors (Lipinski definition) is 0. The summed E-state index contributed by atoms with van der Waals surface area (Å²) in [6, 6.07) is 7.05. The van der Waals surface area contributed by atoms with E-state index in [1.807, 2.05) is 13.0 Å². The van der Waals surface area contributed by atoms with Gasteiger partial charge in [-0.3, -0.25) is 24.1 Å². The van der Waals surface area contributed by atoms with E-state index in [9.17, 15) is 19.2 Å². The predicted octanol–water partition coefficient (Wildman–Crippen LogP) is 1.67. The molecule has 0 N–H and O–H groups in total. The molecule has 1 aromatic rings. The molecule has 0 aliphatic carbocycles. The Morgan fingerprint density at radius 3 is 2.36 bits per heavy atom. The Morgan fingerprint density at radius 1 is 1.04 bits per heavy atom. The molecule has 3 rings (SSSR count). The maximum atomic E-state index is 12.7. The molecule has 0 aromatic heterocycles. The normalized spacial score (nSPS) is 19.7. The minimum atomic E-state index is -0.512. The van der Waals surface area contributed by atoms with Gasteiger partial charge >= 0.3 is 0 Å². The van der Waals surface area contributed by atoms with Gasteiger partial charge in [0, 0.05) is 12.6 Å². The largest absolute Gasteiger partial charge is 0.277 e. The van der Waals surface area contributed by atoms with Gasteiger partial charge in [-0.15, -0.1) is 0 Å². The van der Waals surface area contributed by atoms with Crippen LogP contribution < -0.4 is 4.90 Å². The lowest BCUT2D eigenvalue weighted by Crippen LogP contribution is -2.29. The lowest BCUT2D eigenvalue weighted by Gasteiger charge is -2.13. The van der Waals surface area contributed by atoms with Gasteiger partial charge in [0.2, 0.25) is 5.91 Å². The van der Waals surface area contributed by atoms with Crippen molar-refractivity contribution in [1.29, 1.82) is 0 Å². The summed E-state index contributed by atoms with van der Waals surface area (Å²) in [6.45, 7) is 5.41. The smallest absolute Gasteiger partial charge is 0.261 e. The zero-order valence-corrected chi connectivity index (χ0v) is 13.9. The van der Waals surface area contributed by atoms with Gasteiger partial charge in [0.15, 0.2) is 0 Å². The van der Waals surface area contributed by atoms with Crippen molar-refractivity contribution in [3.63, 3.8) is 0 Å². The molecule has 2 aliphatic rings. The minimum Gasteiger partial charge on any atom is -0.277 e. The van der Waals surface area contributed by atoms with Crippen molar-refractivity contribution in [3.8, 4) is 0 Å². The molecule has 1 aromatic carbocycles. The number of amides is 4. The van der Waals surface area contributed by atoms with Gasteiger partial charge in [-0.25, -0.2) is 4.90 Å². The van der Waals surface area contributed by atoms with Crippen LogP contribution in [0.15, 0.2) is 59.7 Å². The average Bonchev–Trinajstić information content (AvgIpc) is 2.96. The molecule has 1 saturated heterocycles. The topological polar surface area (TPSA) is 74.8 Å². The van der Waals surface area contributed by atoms with Crippen LogP contribution in [0.5, 0.6) is 0 Å². The molecular weight excluding hydrogens is 320 g/mol. The SMILES string of the molecule is C=CC1=C(/C=C2\CC(=O)N(c3cccc(C)c3)C2=O)C(=O)N(C)C1=O. The Balaban J connectivity index is 2.01. The number of imide groups is 2. The molecule has 0 unspecified atom stereocenters. The third-order valence-corrected chi connectivity index (χ3v) is 4.21. The molecule has 0 spiro atoms. The number of nitrogens with zero attached hydrogens (tertiary/aromatic N) is 2. The molecule has 6 nitrogen and oxygen atoms in total. The summed E-state index contributed by atoms with van der Waals surface area (Å²) in [5, 5.41) is 0. The molecule has 2 aliphatic heterocycles. The molecule has 0 radical (unpaired) electrons. The van der Waals surface area contributed by atoms with E-state index in [1.54, 1.807) is 18.2 Å². The molecule has 25 heavy (non-hydrogen) atoms. The van der Waals surface area contributed by atoms with Crippen LogP contribution in [0, 0.1) is 6.92 Å². The summed E-state index contributed by atoms with van der Waals surface area (Å²) in [5.74, 6) is -1.84. The molecule has 2 heterocycles. The first-order chi connectivity index (χ1) is 11.8. The van der Waals surface area contributed by atoms with Crippen LogP contribution in [0.3, 0.4) is 0 Å². The summed E-state index contributed by atoms with van der Waals surface area (Å²) < 4.78 is 0. The molecule has 1 fully saturated rings. The van der Waals surface area contributed by atoms with Gasteiger partial charge in [-0.05, 0) is 30.7 Å². The molecule has 0 saturated carbocycles. The van der Waals surface area contributed by atoms with Crippen LogP contribution in [0.25, 0.3) is 0 Å². The molecule has 0 atom stereocenters. The van der Waals surface area contributed by atoms with Crippen molar-refractivity contribution >= 4 is 29.3 Å². The monoisotopic (exact) mass is 336 g/mol. The second-order valence-corrected chi connectivity index (χ2v) is 5.92. The first-order valence-corrected chi connectivity index (χ1v) is 7.68. The third-order valence-electron chi connectivity index (χ3n) is 4.21. The Hall–Kier alpha value is -3.28. The zero-order chi connectivity index (χ0) is 18.3. The lowest BCUT2D eigenvalue weighted by molar-refractivity contribution is -0.135. The molecule has 4 amide bonds. The van der Waals surface area contributed by atoms with E-state index in [0.717, 1.165) is 15.4 Å². The summed E-state index contributed by atoms with van der Waals surface area (Å²) in [7, 11) is 1.36. The van der Waals surface area contributed by atoms with Crippen molar-refractivity contribution in [1.82, 2.24) is 4.90 Å². The number of benzene rings is 1. The highest BCUT2D eigenvalue weighted by Crippen LogP contribution is 2.29. The molecule has 0 bridgehead atoms. The van der Waals surface area contributed by atoms with Crippen molar-refractivity contribution in [2.24, 2.45) is 0 Å². The quantitative estimate of drug-likeness (QED) is 0.621. The summed E-state index contributed by atoms with van der Waals surface area (Å²) in [5.41, 5.74) is 1.81.